The normalized spacial score (nSPS) is 15.3. The number of allylic oxidation sites excluding steroid dienone is 2. The highest BCUT2D eigenvalue weighted by atomic mass is 35.5. The van der Waals surface area contributed by atoms with E-state index >= 15 is 0 Å². The lowest BCUT2D eigenvalue weighted by atomic mass is 10.1. The highest BCUT2D eigenvalue weighted by Gasteiger charge is 2.09. The monoisotopic (exact) mass is 146 g/mol. The Morgan fingerprint density at radius 3 is 2.22 bits per heavy atom. The van der Waals surface area contributed by atoms with Crippen molar-refractivity contribution in [1.82, 2.24) is 0 Å². The Labute approximate surface area is 60.7 Å². The van der Waals surface area contributed by atoms with Crippen LogP contribution in [0.5, 0.6) is 0 Å². The van der Waals surface area contributed by atoms with Crippen LogP contribution in [-0.4, -0.2) is 5.78 Å². The molecule has 0 aromatic carbocycles. The van der Waals surface area contributed by atoms with E-state index in [0.29, 0.717) is 5.03 Å². The van der Waals surface area contributed by atoms with E-state index in [4.69, 9.17) is 11.6 Å². The van der Waals surface area contributed by atoms with E-state index in [1.54, 1.807) is 13.0 Å². The first-order valence-corrected chi connectivity index (χ1v) is 3.29. The highest BCUT2D eigenvalue weighted by Crippen LogP contribution is 2.14. The largest absolute Gasteiger partial charge is 0.299 e. The number of halogens is 1. The molecule has 0 aliphatic rings. The quantitative estimate of drug-likeness (QED) is 0.585. The molecule has 0 fully saturated rings. The van der Waals surface area contributed by atoms with E-state index in [0.717, 1.165) is 0 Å². The highest BCUT2D eigenvalue weighted by molar-refractivity contribution is 6.31. The minimum atomic E-state index is -0.128. The van der Waals surface area contributed by atoms with Gasteiger partial charge in [-0.15, -0.1) is 0 Å². The topological polar surface area (TPSA) is 17.1 Å². The maximum Gasteiger partial charge on any atom is 0.137 e. The zero-order valence-electron chi connectivity index (χ0n) is 5.94. The molecule has 0 N–H and O–H groups in total. The SMILES string of the molecule is C/C=C(\Cl)C(C)C(C)=O. The summed E-state index contributed by atoms with van der Waals surface area (Å²) in [5, 5.41) is 0.627. The maximum absolute atomic E-state index is 10.6. The Kier molecular flexibility index (Phi) is 3.55. The van der Waals surface area contributed by atoms with Crippen molar-refractivity contribution in [2.75, 3.05) is 0 Å². The number of hydrogen-bond acceptors (Lipinski definition) is 1. The summed E-state index contributed by atoms with van der Waals surface area (Å²) in [4.78, 5) is 10.6. The number of carbonyl (C=O) groups is 1. The van der Waals surface area contributed by atoms with E-state index in [9.17, 15) is 4.79 Å². The average molecular weight is 147 g/mol. The molecule has 52 valence electrons. The van der Waals surface area contributed by atoms with E-state index in [1.807, 2.05) is 6.92 Å². The second kappa shape index (κ2) is 3.67. The molecular weight excluding hydrogens is 136 g/mol. The summed E-state index contributed by atoms with van der Waals surface area (Å²) in [7, 11) is 0. The average Bonchev–Trinajstić information content (AvgIpc) is 1.84. The van der Waals surface area contributed by atoms with Gasteiger partial charge in [0.15, 0.2) is 0 Å². The Balaban J connectivity index is 4.04. The van der Waals surface area contributed by atoms with Gasteiger partial charge in [0.25, 0.3) is 0 Å². The molecule has 0 aromatic heterocycles. The molecule has 9 heavy (non-hydrogen) atoms. The second-order valence-corrected chi connectivity index (χ2v) is 2.44. The number of carbonyl (C=O) groups excluding carboxylic acids is 1. The lowest BCUT2D eigenvalue weighted by Crippen LogP contribution is -2.05. The van der Waals surface area contributed by atoms with Crippen LogP contribution in [0.1, 0.15) is 20.8 Å². The van der Waals surface area contributed by atoms with Crippen LogP contribution in [0.15, 0.2) is 11.1 Å². The Morgan fingerprint density at radius 2 is 2.11 bits per heavy atom. The molecule has 0 bridgehead atoms. The number of Topliss-reactive ketones (excluding diaryl/α,β-unsaturated/α-hetero) is 1. The van der Waals surface area contributed by atoms with Gasteiger partial charge < -0.3 is 0 Å². The molecule has 0 radical (unpaired) electrons. The van der Waals surface area contributed by atoms with Gasteiger partial charge in [0.1, 0.15) is 5.78 Å². The lowest BCUT2D eigenvalue weighted by molar-refractivity contribution is -0.119. The lowest BCUT2D eigenvalue weighted by Gasteiger charge is -2.02. The van der Waals surface area contributed by atoms with Gasteiger partial charge in [-0.2, -0.15) is 0 Å². The van der Waals surface area contributed by atoms with Gasteiger partial charge in [0.05, 0.1) is 0 Å². The summed E-state index contributed by atoms with van der Waals surface area (Å²) in [6.07, 6.45) is 1.74. The van der Waals surface area contributed by atoms with E-state index in [-0.39, 0.29) is 11.7 Å². The van der Waals surface area contributed by atoms with E-state index in [1.165, 1.54) is 6.92 Å². The van der Waals surface area contributed by atoms with Crippen molar-refractivity contribution in [2.24, 2.45) is 5.92 Å². The molecule has 0 saturated carbocycles. The maximum atomic E-state index is 10.6. The third-order valence-electron chi connectivity index (χ3n) is 1.30. The minimum Gasteiger partial charge on any atom is -0.299 e. The van der Waals surface area contributed by atoms with Crippen LogP contribution in [-0.2, 0) is 4.79 Å². The Morgan fingerprint density at radius 1 is 1.67 bits per heavy atom. The Hall–Kier alpha value is -0.300. The zero-order chi connectivity index (χ0) is 7.44. The van der Waals surface area contributed by atoms with Crippen molar-refractivity contribution in [2.45, 2.75) is 20.8 Å². The van der Waals surface area contributed by atoms with Crippen LogP contribution in [0.2, 0.25) is 0 Å². The van der Waals surface area contributed by atoms with Gasteiger partial charge in [-0.3, -0.25) is 4.79 Å². The standard InChI is InChI=1S/C7H11ClO/c1-4-7(8)5(2)6(3)9/h4-5H,1-3H3/b7-4-. The summed E-state index contributed by atoms with van der Waals surface area (Å²) in [5.41, 5.74) is 0. The fourth-order valence-corrected chi connectivity index (χ4v) is 0.598. The fraction of sp³-hybridized carbons (Fsp3) is 0.571. The molecular formula is C7H11ClO. The summed E-state index contributed by atoms with van der Waals surface area (Å²) < 4.78 is 0. The van der Waals surface area contributed by atoms with Gasteiger partial charge in [0.2, 0.25) is 0 Å². The molecule has 1 unspecified atom stereocenters. The molecule has 1 nitrogen and oxygen atoms in total. The van der Waals surface area contributed by atoms with E-state index in [2.05, 4.69) is 0 Å². The number of hydrogen-bond donors (Lipinski definition) is 0. The molecule has 0 heterocycles. The van der Waals surface area contributed by atoms with Crippen molar-refractivity contribution in [3.05, 3.63) is 11.1 Å². The Bertz CT molecular complexity index is 138. The van der Waals surface area contributed by atoms with Crippen LogP contribution in [0.4, 0.5) is 0 Å². The van der Waals surface area contributed by atoms with E-state index < -0.39 is 0 Å². The minimum absolute atomic E-state index is 0.109. The molecule has 0 aliphatic carbocycles. The van der Waals surface area contributed by atoms with Crippen LogP contribution < -0.4 is 0 Å². The van der Waals surface area contributed by atoms with Crippen molar-refractivity contribution in [3.63, 3.8) is 0 Å². The van der Waals surface area contributed by atoms with Crippen LogP contribution in [0, 0.1) is 5.92 Å². The van der Waals surface area contributed by atoms with Crippen molar-refractivity contribution in [3.8, 4) is 0 Å². The summed E-state index contributed by atoms with van der Waals surface area (Å²) >= 11 is 5.65. The van der Waals surface area contributed by atoms with Crippen molar-refractivity contribution < 1.29 is 4.79 Å². The molecule has 0 saturated heterocycles. The van der Waals surface area contributed by atoms with Gasteiger partial charge in [-0.05, 0) is 13.8 Å². The van der Waals surface area contributed by atoms with Crippen molar-refractivity contribution in [1.29, 1.82) is 0 Å². The fourth-order valence-electron chi connectivity index (χ4n) is 0.444. The third-order valence-corrected chi connectivity index (χ3v) is 1.84. The van der Waals surface area contributed by atoms with Gasteiger partial charge in [-0.25, -0.2) is 0 Å². The predicted molar refractivity (Wildman–Crippen MR) is 39.5 cm³/mol. The molecule has 0 spiro atoms. The smallest absolute Gasteiger partial charge is 0.137 e. The molecule has 0 aromatic rings. The number of rotatable bonds is 2. The van der Waals surface area contributed by atoms with Crippen LogP contribution in [0.3, 0.4) is 0 Å². The number of ketones is 1. The predicted octanol–water partition coefficient (Wildman–Crippen LogP) is 2.35. The second-order valence-electron chi connectivity index (χ2n) is 2.01. The molecule has 0 amide bonds. The first kappa shape index (κ1) is 8.70. The van der Waals surface area contributed by atoms with Crippen molar-refractivity contribution >= 4 is 17.4 Å². The molecule has 2 heteroatoms. The summed E-state index contributed by atoms with van der Waals surface area (Å²) in [6.45, 7) is 5.16. The zero-order valence-corrected chi connectivity index (χ0v) is 6.70. The molecule has 0 rings (SSSR count). The molecule has 0 aliphatic heterocycles. The molecule has 1 atom stereocenters. The third kappa shape index (κ3) is 2.66. The summed E-state index contributed by atoms with van der Waals surface area (Å²) in [5.74, 6) is -0.0187. The van der Waals surface area contributed by atoms with Gasteiger partial charge in [0, 0.05) is 11.0 Å². The van der Waals surface area contributed by atoms with Crippen LogP contribution >= 0.6 is 11.6 Å². The van der Waals surface area contributed by atoms with Gasteiger partial charge in [-0.1, -0.05) is 24.6 Å². The van der Waals surface area contributed by atoms with Crippen LogP contribution in [0.25, 0.3) is 0 Å². The first-order valence-electron chi connectivity index (χ1n) is 2.91. The first-order chi connectivity index (χ1) is 4.09. The summed E-state index contributed by atoms with van der Waals surface area (Å²) in [6, 6.07) is 0. The van der Waals surface area contributed by atoms with Gasteiger partial charge >= 0.3 is 0 Å².